The minimum absolute atomic E-state index is 0.0622. The van der Waals surface area contributed by atoms with Gasteiger partial charge in [-0.05, 0) is 41.4 Å². The van der Waals surface area contributed by atoms with E-state index >= 15 is 0 Å². The molecule has 2 aliphatic carbocycles. The lowest BCUT2D eigenvalue weighted by Crippen LogP contribution is -2.42. The highest BCUT2D eigenvalue weighted by atomic mass is 19.1. The molecule has 1 aliphatic heterocycles. The number of carbonyl (C=O) groups excluding carboxylic acids is 2. The van der Waals surface area contributed by atoms with Gasteiger partial charge >= 0.3 is 0 Å². The van der Waals surface area contributed by atoms with E-state index in [4.69, 9.17) is 0 Å². The second kappa shape index (κ2) is 5.88. The van der Waals surface area contributed by atoms with Crippen molar-refractivity contribution >= 4 is 11.6 Å². The fraction of sp³-hybridized carbons (Fsp3) is 0.478. The number of nitrogens with one attached hydrogen (secondary N) is 1. The highest BCUT2D eigenvalue weighted by molar-refractivity contribution is 6.06. The summed E-state index contributed by atoms with van der Waals surface area (Å²) in [7, 11) is 0. The number of hydrogen-bond acceptors (Lipinski definition) is 3. The Morgan fingerprint density at radius 1 is 0.889 bits per heavy atom. The molecule has 4 heteroatoms. The Balaban J connectivity index is 1.92. The largest absolute Gasteiger partial charge is 0.362 e. The first-order valence-electron chi connectivity index (χ1n) is 9.61. The van der Waals surface area contributed by atoms with Crippen molar-refractivity contribution in [3.63, 3.8) is 0 Å². The molecule has 0 radical (unpaired) electrons. The van der Waals surface area contributed by atoms with Crippen LogP contribution in [0.4, 0.5) is 4.39 Å². The molecule has 0 amide bonds. The second-order valence-electron chi connectivity index (χ2n) is 9.78. The van der Waals surface area contributed by atoms with Gasteiger partial charge in [0, 0.05) is 41.3 Å². The predicted molar refractivity (Wildman–Crippen MR) is 102 cm³/mol. The highest BCUT2D eigenvalue weighted by Crippen LogP contribution is 2.50. The lowest BCUT2D eigenvalue weighted by atomic mass is 9.64. The van der Waals surface area contributed by atoms with Crippen LogP contribution < -0.4 is 5.32 Å². The van der Waals surface area contributed by atoms with Gasteiger partial charge in [0.1, 0.15) is 5.82 Å². The van der Waals surface area contributed by atoms with Gasteiger partial charge in [0.05, 0.1) is 0 Å². The molecular weight excluding hydrogens is 341 g/mol. The van der Waals surface area contributed by atoms with Crippen LogP contribution in [0.3, 0.4) is 0 Å². The van der Waals surface area contributed by atoms with Gasteiger partial charge in [-0.25, -0.2) is 4.39 Å². The molecule has 0 spiro atoms. The van der Waals surface area contributed by atoms with Crippen LogP contribution >= 0.6 is 0 Å². The second-order valence-corrected chi connectivity index (χ2v) is 9.78. The minimum Gasteiger partial charge on any atom is -0.362 e. The molecule has 1 heterocycles. The summed E-state index contributed by atoms with van der Waals surface area (Å²) >= 11 is 0. The molecule has 0 saturated heterocycles. The van der Waals surface area contributed by atoms with E-state index in [2.05, 4.69) is 33.0 Å². The van der Waals surface area contributed by atoms with Gasteiger partial charge in [-0.3, -0.25) is 9.59 Å². The van der Waals surface area contributed by atoms with Gasteiger partial charge in [0.25, 0.3) is 0 Å². The SMILES string of the molecule is CC1(C)CC(=O)C2=C(C1)NC1=C(C(=O)CC(C)(C)C1)C2c1cccc(F)c1. The first-order valence-corrected chi connectivity index (χ1v) is 9.61. The van der Waals surface area contributed by atoms with Gasteiger partial charge in [0.2, 0.25) is 0 Å². The fourth-order valence-corrected chi connectivity index (χ4v) is 4.91. The summed E-state index contributed by atoms with van der Waals surface area (Å²) < 4.78 is 14.0. The number of benzene rings is 1. The number of allylic oxidation sites excluding steroid dienone is 4. The Labute approximate surface area is 159 Å². The summed E-state index contributed by atoms with van der Waals surface area (Å²) in [6.45, 7) is 8.36. The van der Waals surface area contributed by atoms with Crippen LogP contribution in [0, 0.1) is 16.6 Å². The van der Waals surface area contributed by atoms with Crippen LogP contribution in [0.1, 0.15) is 64.9 Å². The van der Waals surface area contributed by atoms with Crippen LogP contribution in [0.2, 0.25) is 0 Å². The Bertz CT molecular complexity index is 868. The van der Waals surface area contributed by atoms with Crippen LogP contribution in [0.25, 0.3) is 0 Å². The van der Waals surface area contributed by atoms with E-state index in [9.17, 15) is 14.0 Å². The summed E-state index contributed by atoms with van der Waals surface area (Å²) in [5, 5.41) is 3.47. The maximum Gasteiger partial charge on any atom is 0.162 e. The quantitative estimate of drug-likeness (QED) is 0.776. The normalized spacial score (nSPS) is 24.5. The number of Topliss-reactive ketones (excluding diaryl/α,β-unsaturated/α-hetero) is 2. The van der Waals surface area contributed by atoms with Crippen molar-refractivity contribution in [3.05, 3.63) is 58.2 Å². The monoisotopic (exact) mass is 367 g/mol. The Kier molecular flexibility index (Phi) is 3.95. The molecule has 0 unspecified atom stereocenters. The van der Waals surface area contributed by atoms with Crippen molar-refractivity contribution in [3.8, 4) is 0 Å². The minimum atomic E-state index is -0.459. The molecule has 0 bridgehead atoms. The van der Waals surface area contributed by atoms with Crippen LogP contribution in [0.15, 0.2) is 46.8 Å². The van der Waals surface area contributed by atoms with Crippen molar-refractivity contribution in [2.24, 2.45) is 10.8 Å². The lowest BCUT2D eigenvalue weighted by molar-refractivity contribution is -0.119. The molecule has 27 heavy (non-hydrogen) atoms. The third-order valence-electron chi connectivity index (χ3n) is 5.90. The van der Waals surface area contributed by atoms with Crippen molar-refractivity contribution in [2.45, 2.75) is 59.3 Å². The smallest absolute Gasteiger partial charge is 0.162 e. The van der Waals surface area contributed by atoms with Crippen molar-refractivity contribution in [1.82, 2.24) is 5.32 Å². The van der Waals surface area contributed by atoms with Gasteiger partial charge in [-0.2, -0.15) is 0 Å². The molecule has 142 valence electrons. The van der Waals surface area contributed by atoms with Crippen molar-refractivity contribution in [1.29, 1.82) is 0 Å². The first-order chi connectivity index (χ1) is 12.6. The molecule has 1 aromatic carbocycles. The zero-order chi connectivity index (χ0) is 19.6. The molecule has 1 N–H and O–H groups in total. The number of hydrogen-bond donors (Lipinski definition) is 1. The molecule has 4 rings (SSSR count). The van der Waals surface area contributed by atoms with E-state index in [1.54, 1.807) is 6.07 Å². The fourth-order valence-electron chi connectivity index (χ4n) is 4.91. The van der Waals surface area contributed by atoms with Gasteiger partial charge < -0.3 is 5.32 Å². The van der Waals surface area contributed by atoms with E-state index in [0.717, 1.165) is 24.2 Å². The maximum atomic E-state index is 14.0. The molecule has 0 saturated carbocycles. The Hall–Kier alpha value is -2.23. The number of dihydropyridines is 1. The average Bonchev–Trinajstić information content (AvgIpc) is 2.50. The Morgan fingerprint density at radius 2 is 1.41 bits per heavy atom. The molecule has 3 nitrogen and oxygen atoms in total. The third kappa shape index (κ3) is 3.15. The summed E-state index contributed by atoms with van der Waals surface area (Å²) in [5.41, 5.74) is 3.59. The molecule has 3 aliphatic rings. The van der Waals surface area contributed by atoms with E-state index < -0.39 is 5.92 Å². The van der Waals surface area contributed by atoms with E-state index in [0.29, 0.717) is 29.6 Å². The van der Waals surface area contributed by atoms with E-state index in [-0.39, 0.29) is 28.2 Å². The Morgan fingerprint density at radius 3 is 1.89 bits per heavy atom. The number of ketones is 2. The van der Waals surface area contributed by atoms with Crippen LogP contribution in [-0.4, -0.2) is 11.6 Å². The number of carbonyl (C=O) groups is 2. The first kappa shape index (κ1) is 18.1. The number of halogens is 1. The van der Waals surface area contributed by atoms with Crippen LogP contribution in [-0.2, 0) is 9.59 Å². The standard InChI is InChI=1S/C23H26FNO2/c1-22(2)9-15-20(17(26)11-22)19(13-6-5-7-14(24)8-13)21-16(25-15)10-23(3,4)12-18(21)27/h5-8,19,25H,9-12H2,1-4H3. The molecule has 0 fully saturated rings. The van der Waals surface area contributed by atoms with Crippen molar-refractivity contribution < 1.29 is 14.0 Å². The molecule has 0 atom stereocenters. The van der Waals surface area contributed by atoms with Crippen molar-refractivity contribution in [2.75, 3.05) is 0 Å². The zero-order valence-corrected chi connectivity index (χ0v) is 16.4. The topological polar surface area (TPSA) is 46.2 Å². The average molecular weight is 367 g/mol. The number of rotatable bonds is 1. The van der Waals surface area contributed by atoms with Gasteiger partial charge in [-0.15, -0.1) is 0 Å². The zero-order valence-electron chi connectivity index (χ0n) is 16.4. The molecule has 0 aromatic heterocycles. The summed E-state index contributed by atoms with van der Waals surface area (Å²) in [6.07, 6.45) is 2.40. The lowest BCUT2D eigenvalue weighted by Gasteiger charge is -2.44. The van der Waals surface area contributed by atoms with Gasteiger partial charge in [0.15, 0.2) is 11.6 Å². The summed E-state index contributed by atoms with van der Waals surface area (Å²) in [4.78, 5) is 26.2. The predicted octanol–water partition coefficient (Wildman–Crippen LogP) is 4.80. The highest BCUT2D eigenvalue weighted by Gasteiger charge is 2.46. The maximum absolute atomic E-state index is 14.0. The molecular formula is C23H26FNO2. The molecule has 1 aromatic rings. The summed E-state index contributed by atoms with van der Waals surface area (Å²) in [5.74, 6) is -0.680. The van der Waals surface area contributed by atoms with E-state index in [1.807, 2.05) is 6.07 Å². The summed E-state index contributed by atoms with van der Waals surface area (Å²) in [6, 6.07) is 6.34. The van der Waals surface area contributed by atoms with Crippen LogP contribution in [0.5, 0.6) is 0 Å². The van der Waals surface area contributed by atoms with E-state index in [1.165, 1.54) is 12.1 Å². The third-order valence-corrected chi connectivity index (χ3v) is 5.90. The van der Waals surface area contributed by atoms with Gasteiger partial charge in [-0.1, -0.05) is 39.8 Å².